The summed E-state index contributed by atoms with van der Waals surface area (Å²) in [4.78, 5) is 0. The Hall–Kier alpha value is -0.871. The molecule has 0 aliphatic heterocycles. The van der Waals surface area contributed by atoms with Gasteiger partial charge in [0.15, 0.2) is 16.6 Å². The van der Waals surface area contributed by atoms with Gasteiger partial charge >= 0.3 is 7.12 Å². The molecule has 0 aliphatic carbocycles. The van der Waals surface area contributed by atoms with Crippen molar-refractivity contribution in [2.24, 2.45) is 0 Å². The van der Waals surface area contributed by atoms with Crippen LogP contribution in [0, 0.1) is 11.3 Å². The van der Waals surface area contributed by atoms with E-state index in [1.54, 1.807) is 0 Å². The summed E-state index contributed by atoms with van der Waals surface area (Å²) in [5.41, 5.74) is 1.59. The van der Waals surface area contributed by atoms with Crippen molar-refractivity contribution in [1.29, 1.82) is 5.26 Å². The molecule has 0 amide bonds. The topological polar surface area (TPSA) is 42.2 Å². The number of hydrogen-bond acceptors (Lipinski definition) is 3. The third kappa shape index (κ3) is 6.16. The first-order valence-electron chi connectivity index (χ1n) is 14.0. The van der Waals surface area contributed by atoms with Crippen LogP contribution in [0.5, 0.6) is 0 Å². The molecular weight excluding hydrogens is 485 g/mol. The van der Waals surface area contributed by atoms with Gasteiger partial charge in [-0.3, -0.25) is 0 Å². The monoisotopic (exact) mass is 543 g/mol. The van der Waals surface area contributed by atoms with E-state index in [9.17, 15) is 5.26 Å². The second kappa shape index (κ2) is 10.3. The lowest BCUT2D eigenvalue weighted by Gasteiger charge is -2.62. The van der Waals surface area contributed by atoms with E-state index in [0.29, 0.717) is 5.56 Å². The SMILES string of the molecule is CC(C)(C)[Si](OB(O[Si](C(C)(C)C)(C(C)(C)C)C(C)(C)C)c1cccc(C#N)c1)(C(C)(C)C)C(C)(C)C. The number of nitriles is 1. The minimum absolute atomic E-state index is 0.0621. The van der Waals surface area contributed by atoms with Crippen LogP contribution >= 0.6 is 0 Å². The summed E-state index contributed by atoms with van der Waals surface area (Å²) >= 11 is 0. The standard InChI is InChI=1S/C31H58BNO2Si2/c1-26(2,3)36(27(4,5)6,28(7,8)9)34-32(25-21-19-20-24(22-25)23-33)35-37(29(10,11)12,30(13,14)15)31(16,17)18/h19-22H,1-18H3. The molecule has 0 atom stereocenters. The molecular formula is C31H58BNO2Si2. The molecule has 0 aliphatic rings. The van der Waals surface area contributed by atoms with Gasteiger partial charge in [-0.15, -0.1) is 0 Å². The molecule has 0 heterocycles. The van der Waals surface area contributed by atoms with E-state index in [-0.39, 0.29) is 30.2 Å². The van der Waals surface area contributed by atoms with E-state index in [0.717, 1.165) is 5.46 Å². The van der Waals surface area contributed by atoms with Gasteiger partial charge in [0.05, 0.1) is 11.6 Å². The summed E-state index contributed by atoms with van der Waals surface area (Å²) in [7, 11) is -5.83. The lowest BCUT2D eigenvalue weighted by Crippen LogP contribution is -2.69. The Balaban J connectivity index is 4.20. The van der Waals surface area contributed by atoms with E-state index >= 15 is 0 Å². The largest absolute Gasteiger partial charge is 0.472 e. The van der Waals surface area contributed by atoms with Crippen molar-refractivity contribution < 1.29 is 8.69 Å². The fourth-order valence-electron chi connectivity index (χ4n) is 9.05. The fraction of sp³-hybridized carbons (Fsp3) is 0.774. The van der Waals surface area contributed by atoms with Crippen molar-refractivity contribution in [1.82, 2.24) is 0 Å². The highest BCUT2D eigenvalue weighted by atomic mass is 28.4. The van der Waals surface area contributed by atoms with Gasteiger partial charge in [-0.2, -0.15) is 5.26 Å². The van der Waals surface area contributed by atoms with Gasteiger partial charge in [-0.05, 0) is 47.8 Å². The van der Waals surface area contributed by atoms with Gasteiger partial charge in [0.1, 0.15) is 0 Å². The number of rotatable bonds is 5. The zero-order valence-electron chi connectivity index (χ0n) is 27.7. The molecule has 1 aromatic carbocycles. The van der Waals surface area contributed by atoms with Gasteiger partial charge in [0.2, 0.25) is 0 Å². The highest BCUT2D eigenvalue weighted by Gasteiger charge is 2.67. The van der Waals surface area contributed by atoms with E-state index in [1.807, 2.05) is 18.2 Å². The maximum absolute atomic E-state index is 9.77. The normalized spacial score (nSPS) is 14.9. The second-order valence-corrected chi connectivity index (χ2v) is 29.4. The Kier molecular flexibility index (Phi) is 9.48. The Labute approximate surface area is 233 Å². The molecule has 1 rings (SSSR count). The van der Waals surface area contributed by atoms with Crippen molar-refractivity contribution in [2.45, 2.75) is 155 Å². The van der Waals surface area contributed by atoms with Gasteiger partial charge in [-0.25, -0.2) is 0 Å². The van der Waals surface area contributed by atoms with Crippen LogP contribution in [0.4, 0.5) is 0 Å². The molecule has 6 heteroatoms. The highest BCUT2D eigenvalue weighted by molar-refractivity contribution is 6.93. The summed E-state index contributed by atoms with van der Waals surface area (Å²) < 4.78 is 15.4. The number of benzene rings is 1. The molecule has 0 fully saturated rings. The lowest BCUT2D eigenvalue weighted by atomic mass is 9.79. The van der Waals surface area contributed by atoms with Gasteiger partial charge in [0, 0.05) is 0 Å². The van der Waals surface area contributed by atoms with Crippen LogP contribution in [-0.2, 0) is 8.69 Å². The number of hydrogen-bond donors (Lipinski definition) is 0. The molecule has 210 valence electrons. The Bertz CT molecular complexity index is 848. The van der Waals surface area contributed by atoms with Gasteiger partial charge in [-0.1, -0.05) is 137 Å². The van der Waals surface area contributed by atoms with E-state index in [4.69, 9.17) is 8.69 Å². The first kappa shape index (κ1) is 34.2. The van der Waals surface area contributed by atoms with Crippen LogP contribution in [0.3, 0.4) is 0 Å². The fourth-order valence-corrected chi connectivity index (χ4v) is 25.8. The molecule has 0 saturated carbocycles. The number of nitrogens with zero attached hydrogens (tertiary/aromatic N) is 1. The summed E-state index contributed by atoms with van der Waals surface area (Å²) in [6.45, 7) is 42.3. The zero-order chi connectivity index (χ0) is 29.7. The molecule has 0 unspecified atom stereocenters. The molecule has 0 bridgehead atoms. The molecule has 3 nitrogen and oxygen atoms in total. The Morgan fingerprint density at radius 2 is 0.865 bits per heavy atom. The summed E-state index contributed by atoms with van der Waals surface area (Å²) in [5.74, 6) is 0. The van der Waals surface area contributed by atoms with Crippen LogP contribution in [0.25, 0.3) is 0 Å². The average molecular weight is 544 g/mol. The van der Waals surface area contributed by atoms with E-state index < -0.39 is 23.8 Å². The third-order valence-electron chi connectivity index (χ3n) is 8.19. The Morgan fingerprint density at radius 3 is 1.11 bits per heavy atom. The second-order valence-electron chi connectivity index (χ2n) is 17.2. The predicted octanol–water partition coefficient (Wildman–Crippen LogP) is 9.98. The van der Waals surface area contributed by atoms with Crippen molar-refractivity contribution in [3.8, 4) is 6.07 Å². The molecule has 0 aromatic heterocycles. The van der Waals surface area contributed by atoms with Crippen LogP contribution < -0.4 is 5.46 Å². The molecule has 0 spiro atoms. The van der Waals surface area contributed by atoms with Crippen molar-refractivity contribution in [3.63, 3.8) is 0 Å². The highest BCUT2D eigenvalue weighted by Crippen LogP contribution is 2.65. The van der Waals surface area contributed by atoms with Crippen molar-refractivity contribution in [2.75, 3.05) is 0 Å². The summed E-state index contributed by atoms with van der Waals surface area (Å²) in [6.07, 6.45) is 0. The maximum Gasteiger partial charge on any atom is 0.472 e. The predicted molar refractivity (Wildman–Crippen MR) is 169 cm³/mol. The quantitative estimate of drug-likeness (QED) is 0.347. The molecule has 37 heavy (non-hydrogen) atoms. The van der Waals surface area contributed by atoms with Crippen LogP contribution in [0.15, 0.2) is 24.3 Å². The molecule has 0 N–H and O–H groups in total. The zero-order valence-corrected chi connectivity index (χ0v) is 29.7. The molecule has 1 aromatic rings. The van der Waals surface area contributed by atoms with Gasteiger partial charge < -0.3 is 8.69 Å². The molecule has 0 saturated heterocycles. The summed E-state index contributed by atoms with van der Waals surface area (Å²) in [6, 6.07) is 10.2. The van der Waals surface area contributed by atoms with Crippen LogP contribution in [-0.4, -0.2) is 23.8 Å². The van der Waals surface area contributed by atoms with Crippen LogP contribution in [0.1, 0.15) is 130 Å². The van der Waals surface area contributed by atoms with Gasteiger partial charge in [0.25, 0.3) is 0 Å². The lowest BCUT2D eigenvalue weighted by molar-refractivity contribution is 0.303. The van der Waals surface area contributed by atoms with Crippen LogP contribution in [0.2, 0.25) is 30.2 Å². The average Bonchev–Trinajstić information content (AvgIpc) is 2.61. The minimum atomic E-state index is -2.64. The maximum atomic E-state index is 9.77. The van der Waals surface area contributed by atoms with E-state index in [2.05, 4.69) is 137 Å². The molecule has 0 radical (unpaired) electrons. The first-order chi connectivity index (χ1) is 16.1. The Morgan fingerprint density at radius 1 is 0.568 bits per heavy atom. The van der Waals surface area contributed by atoms with Crippen molar-refractivity contribution >= 4 is 29.2 Å². The van der Waals surface area contributed by atoms with Crippen molar-refractivity contribution in [3.05, 3.63) is 29.8 Å². The smallest absolute Gasteiger partial charge is 0.448 e. The minimum Gasteiger partial charge on any atom is -0.448 e. The summed E-state index contributed by atoms with van der Waals surface area (Å²) in [5, 5.41) is 9.40. The first-order valence-corrected chi connectivity index (χ1v) is 17.8. The third-order valence-corrected chi connectivity index (χ3v) is 22.0. The van der Waals surface area contributed by atoms with E-state index in [1.165, 1.54) is 0 Å².